The van der Waals surface area contributed by atoms with Crippen molar-refractivity contribution in [2.24, 2.45) is 0 Å². The summed E-state index contributed by atoms with van der Waals surface area (Å²) in [5.74, 6) is 0.869. The van der Waals surface area contributed by atoms with Crippen LogP contribution in [0.3, 0.4) is 0 Å². The summed E-state index contributed by atoms with van der Waals surface area (Å²) in [5, 5.41) is 0. The van der Waals surface area contributed by atoms with E-state index in [2.05, 4.69) is 29.2 Å². The first kappa shape index (κ1) is 15.4. The Labute approximate surface area is 143 Å². The second-order valence-electron chi connectivity index (χ2n) is 7.03. The molecule has 1 aromatic carbocycles. The largest absolute Gasteiger partial charge is 0.339 e. The number of amides is 1. The van der Waals surface area contributed by atoms with Gasteiger partial charge in [0.05, 0.1) is 5.69 Å². The van der Waals surface area contributed by atoms with E-state index in [0.29, 0.717) is 0 Å². The zero-order chi connectivity index (χ0) is 16.4. The Morgan fingerprint density at radius 2 is 1.67 bits per heavy atom. The standard InChI is InChI=1S/C21H24N2O/c24-21(23-13-3-4-14-23)19-11-12-22-20(15-19)18-9-7-17(8-10-18)16-5-1-2-6-16/h7-12,15-16H,1-6,13-14H2. The first-order chi connectivity index (χ1) is 11.8. The number of carbonyl (C=O) groups is 1. The molecule has 1 aliphatic carbocycles. The van der Waals surface area contributed by atoms with Gasteiger partial charge in [0.2, 0.25) is 0 Å². The molecule has 2 heterocycles. The number of aromatic nitrogens is 1. The highest BCUT2D eigenvalue weighted by Gasteiger charge is 2.20. The van der Waals surface area contributed by atoms with Crippen LogP contribution in [0.5, 0.6) is 0 Å². The van der Waals surface area contributed by atoms with Crippen LogP contribution in [-0.4, -0.2) is 28.9 Å². The molecule has 2 fully saturated rings. The molecule has 1 saturated carbocycles. The zero-order valence-corrected chi connectivity index (χ0v) is 14.1. The van der Waals surface area contributed by atoms with Crippen molar-refractivity contribution in [3.05, 3.63) is 53.7 Å². The van der Waals surface area contributed by atoms with Crippen molar-refractivity contribution < 1.29 is 4.79 Å². The van der Waals surface area contributed by atoms with E-state index in [0.717, 1.165) is 48.7 Å². The molecule has 24 heavy (non-hydrogen) atoms. The Balaban J connectivity index is 1.55. The third-order valence-corrected chi connectivity index (χ3v) is 5.43. The van der Waals surface area contributed by atoms with Gasteiger partial charge in [0.15, 0.2) is 0 Å². The quantitative estimate of drug-likeness (QED) is 0.825. The third-order valence-electron chi connectivity index (χ3n) is 5.43. The van der Waals surface area contributed by atoms with E-state index in [9.17, 15) is 4.79 Å². The normalized spacial score (nSPS) is 18.2. The molecule has 1 aromatic heterocycles. The van der Waals surface area contributed by atoms with Gasteiger partial charge in [-0.2, -0.15) is 0 Å². The highest BCUT2D eigenvalue weighted by atomic mass is 16.2. The molecule has 0 bridgehead atoms. The Bertz CT molecular complexity index is 711. The van der Waals surface area contributed by atoms with Gasteiger partial charge in [0.25, 0.3) is 5.91 Å². The van der Waals surface area contributed by atoms with Gasteiger partial charge < -0.3 is 4.90 Å². The Kier molecular flexibility index (Phi) is 4.33. The molecule has 0 radical (unpaired) electrons. The minimum Gasteiger partial charge on any atom is -0.339 e. The summed E-state index contributed by atoms with van der Waals surface area (Å²) >= 11 is 0. The van der Waals surface area contributed by atoms with E-state index in [4.69, 9.17) is 0 Å². The summed E-state index contributed by atoms with van der Waals surface area (Å²) in [6.45, 7) is 1.76. The van der Waals surface area contributed by atoms with Crippen LogP contribution in [0.4, 0.5) is 0 Å². The number of hydrogen-bond donors (Lipinski definition) is 0. The van der Waals surface area contributed by atoms with Crippen LogP contribution < -0.4 is 0 Å². The lowest BCUT2D eigenvalue weighted by atomic mass is 9.96. The van der Waals surface area contributed by atoms with Gasteiger partial charge in [-0.25, -0.2) is 0 Å². The predicted molar refractivity (Wildman–Crippen MR) is 96.0 cm³/mol. The van der Waals surface area contributed by atoms with Crippen molar-refractivity contribution in [2.45, 2.75) is 44.4 Å². The van der Waals surface area contributed by atoms with E-state index in [-0.39, 0.29) is 5.91 Å². The number of likely N-dealkylation sites (tertiary alicyclic amines) is 1. The summed E-state index contributed by atoms with van der Waals surface area (Å²) in [7, 11) is 0. The van der Waals surface area contributed by atoms with Crippen LogP contribution in [0.1, 0.15) is 60.4 Å². The Hall–Kier alpha value is -2.16. The van der Waals surface area contributed by atoms with Gasteiger partial charge in [0, 0.05) is 30.4 Å². The summed E-state index contributed by atoms with van der Waals surface area (Å²) < 4.78 is 0. The fourth-order valence-electron chi connectivity index (χ4n) is 4.01. The van der Waals surface area contributed by atoms with E-state index in [1.54, 1.807) is 6.20 Å². The Morgan fingerprint density at radius 1 is 0.958 bits per heavy atom. The van der Waals surface area contributed by atoms with E-state index < -0.39 is 0 Å². The summed E-state index contributed by atoms with van der Waals surface area (Å²) in [6, 6.07) is 12.5. The van der Waals surface area contributed by atoms with Crippen molar-refractivity contribution in [1.29, 1.82) is 0 Å². The number of benzene rings is 1. The van der Waals surface area contributed by atoms with E-state index in [1.165, 1.54) is 31.2 Å². The fraction of sp³-hybridized carbons (Fsp3) is 0.429. The van der Waals surface area contributed by atoms with Crippen molar-refractivity contribution in [1.82, 2.24) is 9.88 Å². The lowest BCUT2D eigenvalue weighted by Gasteiger charge is -2.15. The van der Waals surface area contributed by atoms with Crippen LogP contribution in [-0.2, 0) is 0 Å². The minimum absolute atomic E-state index is 0.138. The molecule has 1 aliphatic heterocycles. The molecule has 3 heteroatoms. The maximum Gasteiger partial charge on any atom is 0.253 e. The van der Waals surface area contributed by atoms with Crippen molar-refractivity contribution in [3.8, 4) is 11.3 Å². The molecule has 4 rings (SSSR count). The highest BCUT2D eigenvalue weighted by Crippen LogP contribution is 2.34. The van der Waals surface area contributed by atoms with Gasteiger partial charge in [0.1, 0.15) is 0 Å². The minimum atomic E-state index is 0.138. The SMILES string of the molecule is O=C(c1ccnc(-c2ccc(C3CCCC3)cc2)c1)N1CCCC1. The molecule has 0 N–H and O–H groups in total. The maximum atomic E-state index is 12.6. The van der Waals surface area contributed by atoms with E-state index in [1.807, 2.05) is 17.0 Å². The van der Waals surface area contributed by atoms with Gasteiger partial charge in [-0.1, -0.05) is 37.1 Å². The number of carbonyl (C=O) groups excluding carboxylic acids is 1. The van der Waals surface area contributed by atoms with Crippen LogP contribution in [0, 0.1) is 0 Å². The molecule has 0 atom stereocenters. The topological polar surface area (TPSA) is 33.2 Å². The molecular weight excluding hydrogens is 296 g/mol. The molecule has 0 unspecified atom stereocenters. The number of nitrogens with zero attached hydrogens (tertiary/aromatic N) is 2. The number of pyridine rings is 1. The number of hydrogen-bond acceptors (Lipinski definition) is 2. The average Bonchev–Trinajstić information content (AvgIpc) is 3.35. The molecule has 1 saturated heterocycles. The molecular formula is C21H24N2O. The fourth-order valence-corrected chi connectivity index (χ4v) is 4.01. The Morgan fingerprint density at radius 3 is 2.38 bits per heavy atom. The average molecular weight is 320 g/mol. The van der Waals surface area contributed by atoms with Gasteiger partial charge >= 0.3 is 0 Å². The van der Waals surface area contributed by atoms with Crippen LogP contribution in [0.15, 0.2) is 42.6 Å². The van der Waals surface area contributed by atoms with Crippen LogP contribution in [0.2, 0.25) is 0 Å². The predicted octanol–water partition coefficient (Wildman–Crippen LogP) is 4.64. The molecule has 2 aliphatic rings. The second-order valence-corrected chi connectivity index (χ2v) is 7.03. The third kappa shape index (κ3) is 3.08. The molecule has 124 valence electrons. The summed E-state index contributed by atoms with van der Waals surface area (Å²) in [4.78, 5) is 19.0. The van der Waals surface area contributed by atoms with E-state index >= 15 is 0 Å². The lowest BCUT2D eigenvalue weighted by molar-refractivity contribution is 0.0793. The molecule has 3 nitrogen and oxygen atoms in total. The lowest BCUT2D eigenvalue weighted by Crippen LogP contribution is -2.27. The van der Waals surface area contributed by atoms with Crippen molar-refractivity contribution in [3.63, 3.8) is 0 Å². The first-order valence-electron chi connectivity index (χ1n) is 9.17. The molecule has 1 amide bonds. The van der Waals surface area contributed by atoms with Crippen LogP contribution >= 0.6 is 0 Å². The second kappa shape index (κ2) is 6.76. The van der Waals surface area contributed by atoms with Crippen molar-refractivity contribution >= 4 is 5.91 Å². The summed E-state index contributed by atoms with van der Waals surface area (Å²) in [5.41, 5.74) is 4.17. The first-order valence-corrected chi connectivity index (χ1v) is 9.17. The molecule has 0 spiro atoms. The summed E-state index contributed by atoms with van der Waals surface area (Å²) in [6.07, 6.45) is 9.33. The highest BCUT2D eigenvalue weighted by molar-refractivity contribution is 5.95. The van der Waals surface area contributed by atoms with Gasteiger partial charge in [-0.3, -0.25) is 9.78 Å². The van der Waals surface area contributed by atoms with Crippen LogP contribution in [0.25, 0.3) is 11.3 Å². The monoisotopic (exact) mass is 320 g/mol. The zero-order valence-electron chi connectivity index (χ0n) is 14.1. The maximum absolute atomic E-state index is 12.6. The van der Waals surface area contributed by atoms with Crippen molar-refractivity contribution in [2.75, 3.05) is 13.1 Å². The molecule has 2 aromatic rings. The smallest absolute Gasteiger partial charge is 0.253 e. The number of rotatable bonds is 3. The van der Waals surface area contributed by atoms with Gasteiger partial charge in [-0.15, -0.1) is 0 Å². The van der Waals surface area contributed by atoms with Gasteiger partial charge in [-0.05, 0) is 49.3 Å².